The van der Waals surface area contributed by atoms with Gasteiger partial charge in [0.25, 0.3) is 0 Å². The molecule has 4 heteroatoms. The van der Waals surface area contributed by atoms with Gasteiger partial charge in [-0.15, -0.1) is 0 Å². The van der Waals surface area contributed by atoms with Crippen LogP contribution >= 0.6 is 0 Å². The van der Waals surface area contributed by atoms with Gasteiger partial charge in [-0.25, -0.2) is 0 Å². The summed E-state index contributed by atoms with van der Waals surface area (Å²) in [4.78, 5) is 14.1. The summed E-state index contributed by atoms with van der Waals surface area (Å²) in [6, 6.07) is 0.332. The Bertz CT molecular complexity index is 290. The van der Waals surface area contributed by atoms with Gasteiger partial charge in [0.05, 0.1) is 19.3 Å². The second-order valence-electron chi connectivity index (χ2n) is 5.35. The first-order chi connectivity index (χ1) is 8.50. The monoisotopic (exact) mass is 254 g/mol. The highest BCUT2D eigenvalue weighted by molar-refractivity contribution is 5.82. The van der Waals surface area contributed by atoms with Crippen molar-refractivity contribution in [1.82, 2.24) is 10.2 Å². The Morgan fingerprint density at radius 3 is 2.94 bits per heavy atom. The number of nitrogens with zero attached hydrogens (tertiary/aromatic N) is 1. The Morgan fingerprint density at radius 2 is 2.33 bits per heavy atom. The second-order valence-corrected chi connectivity index (χ2v) is 5.35. The van der Waals surface area contributed by atoms with E-state index in [1.54, 1.807) is 0 Å². The fraction of sp³-hybridized carbons (Fsp3) is 0.786. The minimum atomic E-state index is -0.0140. The molecule has 1 aliphatic heterocycles. The predicted octanol–water partition coefficient (Wildman–Crippen LogP) is 1.57. The molecule has 1 aliphatic rings. The van der Waals surface area contributed by atoms with Gasteiger partial charge in [-0.2, -0.15) is 0 Å². The lowest BCUT2D eigenvalue weighted by molar-refractivity contribution is -0.136. The van der Waals surface area contributed by atoms with Crippen LogP contribution in [0, 0.1) is 0 Å². The van der Waals surface area contributed by atoms with E-state index in [2.05, 4.69) is 25.7 Å². The van der Waals surface area contributed by atoms with Crippen molar-refractivity contribution in [2.24, 2.45) is 0 Å². The molecule has 0 spiro atoms. The molecule has 0 aromatic heterocycles. The van der Waals surface area contributed by atoms with Gasteiger partial charge in [-0.3, -0.25) is 4.79 Å². The number of piperidine rings is 1. The zero-order valence-corrected chi connectivity index (χ0v) is 11.9. The molecule has 0 aliphatic carbocycles. The van der Waals surface area contributed by atoms with Crippen LogP contribution in [0.5, 0.6) is 0 Å². The maximum atomic E-state index is 12.2. The number of carbonyl (C=O) groups is 1. The number of amides is 1. The van der Waals surface area contributed by atoms with Crippen LogP contribution < -0.4 is 5.32 Å². The first kappa shape index (κ1) is 15.2. The van der Waals surface area contributed by atoms with Crippen molar-refractivity contribution in [3.63, 3.8) is 0 Å². The van der Waals surface area contributed by atoms with Gasteiger partial charge in [-0.05, 0) is 19.8 Å². The number of hydrogen-bond acceptors (Lipinski definition) is 3. The maximum Gasteiger partial charge on any atom is 0.239 e. The van der Waals surface area contributed by atoms with Crippen molar-refractivity contribution < 1.29 is 9.53 Å². The molecule has 0 radical (unpaired) electrons. The molecule has 104 valence electrons. The van der Waals surface area contributed by atoms with Gasteiger partial charge in [-0.1, -0.05) is 26.0 Å². The number of rotatable bonds is 7. The molecule has 1 fully saturated rings. The average Bonchev–Trinajstić information content (AvgIpc) is 2.28. The molecule has 0 aromatic carbocycles. The van der Waals surface area contributed by atoms with E-state index in [9.17, 15) is 4.79 Å². The van der Waals surface area contributed by atoms with Crippen molar-refractivity contribution >= 4 is 5.91 Å². The highest BCUT2D eigenvalue weighted by Gasteiger charge is 2.28. The standard InChI is InChI=1S/C14H26N2O2/c1-11(2)10-18-9-8-16-7-5-6-13(14(16)17)15-12(3)4/h12-13,15H,1,5-10H2,2-4H3. The largest absolute Gasteiger partial charge is 0.375 e. The lowest BCUT2D eigenvalue weighted by Crippen LogP contribution is -2.53. The topological polar surface area (TPSA) is 41.6 Å². The SMILES string of the molecule is C=C(C)COCCN1CCCC(NC(C)C)C1=O. The van der Waals surface area contributed by atoms with E-state index in [1.807, 2.05) is 11.8 Å². The molecular weight excluding hydrogens is 228 g/mol. The van der Waals surface area contributed by atoms with Crippen molar-refractivity contribution in [1.29, 1.82) is 0 Å². The third-order valence-electron chi connectivity index (χ3n) is 2.92. The third-order valence-corrected chi connectivity index (χ3v) is 2.92. The number of ether oxygens (including phenoxy) is 1. The molecule has 1 unspecified atom stereocenters. The summed E-state index contributed by atoms with van der Waals surface area (Å²) in [6.07, 6.45) is 2.01. The van der Waals surface area contributed by atoms with Crippen LogP contribution in [-0.4, -0.2) is 49.2 Å². The molecule has 0 aromatic rings. The second kappa shape index (κ2) is 7.54. The predicted molar refractivity (Wildman–Crippen MR) is 73.5 cm³/mol. The molecular formula is C14H26N2O2. The molecule has 0 bridgehead atoms. The summed E-state index contributed by atoms with van der Waals surface area (Å²) in [5.74, 6) is 0.217. The average molecular weight is 254 g/mol. The highest BCUT2D eigenvalue weighted by Crippen LogP contribution is 2.12. The fourth-order valence-corrected chi connectivity index (χ4v) is 2.14. The van der Waals surface area contributed by atoms with Gasteiger partial charge < -0.3 is 15.0 Å². The lowest BCUT2D eigenvalue weighted by Gasteiger charge is -2.33. The minimum Gasteiger partial charge on any atom is -0.375 e. The van der Waals surface area contributed by atoms with Crippen LogP contribution in [-0.2, 0) is 9.53 Å². The first-order valence-corrected chi connectivity index (χ1v) is 6.77. The minimum absolute atomic E-state index is 0.0140. The highest BCUT2D eigenvalue weighted by atomic mass is 16.5. The summed E-state index contributed by atoms with van der Waals surface area (Å²) >= 11 is 0. The molecule has 1 N–H and O–H groups in total. The van der Waals surface area contributed by atoms with E-state index in [0.29, 0.717) is 25.8 Å². The molecule has 4 nitrogen and oxygen atoms in total. The van der Waals surface area contributed by atoms with Crippen LogP contribution in [0.15, 0.2) is 12.2 Å². The molecule has 0 saturated carbocycles. The fourth-order valence-electron chi connectivity index (χ4n) is 2.14. The maximum absolute atomic E-state index is 12.2. The molecule has 1 amide bonds. The Morgan fingerprint density at radius 1 is 1.61 bits per heavy atom. The van der Waals surface area contributed by atoms with E-state index in [4.69, 9.17) is 4.74 Å². The lowest BCUT2D eigenvalue weighted by atomic mass is 10.0. The number of likely N-dealkylation sites (tertiary alicyclic amines) is 1. The summed E-state index contributed by atoms with van der Waals surface area (Å²) in [5.41, 5.74) is 1.01. The quantitative estimate of drug-likeness (QED) is 0.554. The Labute approximate surface area is 110 Å². The smallest absolute Gasteiger partial charge is 0.239 e. The van der Waals surface area contributed by atoms with Crippen molar-refractivity contribution in [3.8, 4) is 0 Å². The zero-order valence-electron chi connectivity index (χ0n) is 11.9. The van der Waals surface area contributed by atoms with Gasteiger partial charge in [0.1, 0.15) is 0 Å². The summed E-state index contributed by atoms with van der Waals surface area (Å²) in [7, 11) is 0. The van der Waals surface area contributed by atoms with E-state index in [-0.39, 0.29) is 11.9 Å². The summed E-state index contributed by atoms with van der Waals surface area (Å²) in [5, 5.41) is 3.32. The summed E-state index contributed by atoms with van der Waals surface area (Å²) < 4.78 is 5.45. The molecule has 1 atom stereocenters. The van der Waals surface area contributed by atoms with Gasteiger partial charge >= 0.3 is 0 Å². The van der Waals surface area contributed by atoms with Crippen LogP contribution in [0.25, 0.3) is 0 Å². The molecule has 1 heterocycles. The van der Waals surface area contributed by atoms with E-state index < -0.39 is 0 Å². The molecule has 18 heavy (non-hydrogen) atoms. The van der Waals surface area contributed by atoms with E-state index in [0.717, 1.165) is 25.0 Å². The van der Waals surface area contributed by atoms with Crippen molar-refractivity contribution in [3.05, 3.63) is 12.2 Å². The van der Waals surface area contributed by atoms with Gasteiger partial charge in [0, 0.05) is 19.1 Å². The van der Waals surface area contributed by atoms with Crippen LogP contribution in [0.3, 0.4) is 0 Å². The molecule has 1 saturated heterocycles. The van der Waals surface area contributed by atoms with Crippen molar-refractivity contribution in [2.75, 3.05) is 26.3 Å². The normalized spacial score (nSPS) is 20.6. The zero-order chi connectivity index (χ0) is 13.5. The van der Waals surface area contributed by atoms with Crippen molar-refractivity contribution in [2.45, 2.75) is 45.7 Å². The molecule has 1 rings (SSSR count). The Balaban J connectivity index is 2.32. The number of nitrogens with one attached hydrogen (secondary N) is 1. The van der Waals surface area contributed by atoms with Crippen LogP contribution in [0.4, 0.5) is 0 Å². The Kier molecular flexibility index (Phi) is 6.36. The van der Waals surface area contributed by atoms with Gasteiger partial charge in [0.2, 0.25) is 5.91 Å². The van der Waals surface area contributed by atoms with E-state index in [1.165, 1.54) is 0 Å². The van der Waals surface area contributed by atoms with E-state index >= 15 is 0 Å². The number of carbonyl (C=O) groups excluding carboxylic acids is 1. The first-order valence-electron chi connectivity index (χ1n) is 6.77. The third kappa shape index (κ3) is 5.19. The number of hydrogen-bond donors (Lipinski definition) is 1. The van der Waals surface area contributed by atoms with Gasteiger partial charge in [0.15, 0.2) is 0 Å². The summed E-state index contributed by atoms with van der Waals surface area (Å²) in [6.45, 7) is 12.6. The van der Waals surface area contributed by atoms with Crippen LogP contribution in [0.1, 0.15) is 33.6 Å². The Hall–Kier alpha value is -0.870. The van der Waals surface area contributed by atoms with Crippen LogP contribution in [0.2, 0.25) is 0 Å².